The van der Waals surface area contributed by atoms with Crippen molar-refractivity contribution in [1.29, 1.82) is 0 Å². The average Bonchev–Trinajstić information content (AvgIpc) is 2.36. The van der Waals surface area contributed by atoms with Gasteiger partial charge in [-0.1, -0.05) is 0 Å². The Hall–Kier alpha value is -2.69. The van der Waals surface area contributed by atoms with Crippen LogP contribution in [-0.4, -0.2) is 31.9 Å². The number of aromatic nitrogens is 4. The molecule has 0 amide bonds. The molecule has 0 spiro atoms. The molecule has 0 fully saturated rings. The number of rotatable bonds is 4. The Morgan fingerprint density at radius 1 is 1.30 bits per heavy atom. The minimum atomic E-state index is -0.580. The molecule has 2 aromatic heterocycles. The molecule has 5 N–H and O–H groups in total. The summed E-state index contributed by atoms with van der Waals surface area (Å²) in [4.78, 5) is 26.1. The van der Waals surface area contributed by atoms with Crippen molar-refractivity contribution in [2.75, 3.05) is 23.8 Å². The molecule has 11 heteroatoms. The van der Waals surface area contributed by atoms with Crippen LogP contribution in [0.25, 0.3) is 0 Å². The largest absolute Gasteiger partial charge is 0.383 e. The van der Waals surface area contributed by atoms with E-state index in [1.54, 1.807) is 0 Å². The van der Waals surface area contributed by atoms with E-state index in [0.717, 1.165) is 11.8 Å². The number of nitrogens with zero attached hydrogens (tertiary/aromatic N) is 5. The SMILES string of the molecule is CNc1ncnc(Sc2nc(N)cc(N)n2)c1[N+](=O)[O-]. The molecule has 2 rings (SSSR count). The maximum atomic E-state index is 11.1. The van der Waals surface area contributed by atoms with Crippen LogP contribution in [0.3, 0.4) is 0 Å². The van der Waals surface area contributed by atoms with E-state index in [-0.39, 0.29) is 33.3 Å². The predicted octanol–water partition coefficient (Wildman–Crippen LogP) is 0.532. The standard InChI is InChI=1S/C9H10N8O2S/c1-12-7-6(17(18)19)8(14-3-13-7)20-9-15-4(10)2-5(11)16-9/h2-3H,1H3,(H,12,13,14)(H4,10,11,15,16). The molecule has 20 heavy (non-hydrogen) atoms. The normalized spacial score (nSPS) is 10.2. The number of anilines is 3. The fourth-order valence-electron chi connectivity index (χ4n) is 1.38. The summed E-state index contributed by atoms with van der Waals surface area (Å²) < 4.78 is 0. The van der Waals surface area contributed by atoms with Crippen LogP contribution in [0.2, 0.25) is 0 Å². The van der Waals surface area contributed by atoms with Crippen molar-refractivity contribution in [3.8, 4) is 0 Å². The summed E-state index contributed by atoms with van der Waals surface area (Å²) in [6.07, 6.45) is 1.21. The molecule has 0 saturated heterocycles. The van der Waals surface area contributed by atoms with Crippen molar-refractivity contribution in [1.82, 2.24) is 19.9 Å². The molecular weight excluding hydrogens is 284 g/mol. The lowest BCUT2D eigenvalue weighted by Gasteiger charge is -2.05. The highest BCUT2D eigenvalue weighted by molar-refractivity contribution is 7.99. The average molecular weight is 294 g/mol. The summed E-state index contributed by atoms with van der Waals surface area (Å²) >= 11 is 0.885. The zero-order chi connectivity index (χ0) is 14.7. The van der Waals surface area contributed by atoms with E-state index in [4.69, 9.17) is 11.5 Å². The molecule has 104 valence electrons. The van der Waals surface area contributed by atoms with Crippen LogP contribution in [0, 0.1) is 10.1 Å². The van der Waals surface area contributed by atoms with Crippen molar-refractivity contribution < 1.29 is 4.92 Å². The first-order chi connectivity index (χ1) is 9.51. The lowest BCUT2D eigenvalue weighted by atomic mass is 10.5. The van der Waals surface area contributed by atoms with Gasteiger partial charge in [-0.2, -0.15) is 0 Å². The quantitative estimate of drug-likeness (QED) is 0.314. The van der Waals surface area contributed by atoms with E-state index in [0.29, 0.717) is 0 Å². The second kappa shape index (κ2) is 5.52. The summed E-state index contributed by atoms with van der Waals surface area (Å²) in [6, 6.07) is 1.39. The van der Waals surface area contributed by atoms with Gasteiger partial charge >= 0.3 is 5.69 Å². The number of nitrogen functional groups attached to an aromatic ring is 2. The van der Waals surface area contributed by atoms with Crippen LogP contribution in [-0.2, 0) is 0 Å². The molecule has 2 heterocycles. The van der Waals surface area contributed by atoms with E-state index in [2.05, 4.69) is 25.3 Å². The van der Waals surface area contributed by atoms with Crippen LogP contribution in [0.1, 0.15) is 0 Å². The van der Waals surface area contributed by atoms with Crippen LogP contribution < -0.4 is 16.8 Å². The zero-order valence-corrected chi connectivity index (χ0v) is 11.1. The molecule has 2 aromatic rings. The number of nitrogens with two attached hydrogens (primary N) is 2. The van der Waals surface area contributed by atoms with E-state index < -0.39 is 4.92 Å². The number of hydrogen-bond acceptors (Lipinski definition) is 10. The smallest absolute Gasteiger partial charge is 0.343 e. The second-order valence-electron chi connectivity index (χ2n) is 3.49. The first-order valence-electron chi connectivity index (χ1n) is 5.26. The molecule has 0 aliphatic rings. The third-order valence-corrected chi connectivity index (χ3v) is 3.00. The van der Waals surface area contributed by atoms with Crippen molar-refractivity contribution in [2.45, 2.75) is 10.2 Å². The Morgan fingerprint density at radius 2 is 1.95 bits per heavy atom. The second-order valence-corrected chi connectivity index (χ2v) is 4.44. The van der Waals surface area contributed by atoms with Crippen molar-refractivity contribution in [2.24, 2.45) is 0 Å². The maximum absolute atomic E-state index is 11.1. The van der Waals surface area contributed by atoms with Gasteiger partial charge in [0.25, 0.3) is 0 Å². The molecule has 0 bridgehead atoms. The summed E-state index contributed by atoms with van der Waals surface area (Å²) in [5, 5.41) is 14.0. The van der Waals surface area contributed by atoms with Gasteiger partial charge in [-0.15, -0.1) is 0 Å². The molecule has 0 unspecified atom stereocenters. The monoisotopic (exact) mass is 294 g/mol. The predicted molar refractivity (Wildman–Crippen MR) is 73.2 cm³/mol. The van der Waals surface area contributed by atoms with E-state index >= 15 is 0 Å². The summed E-state index contributed by atoms with van der Waals surface area (Å²) in [6.45, 7) is 0. The highest BCUT2D eigenvalue weighted by Gasteiger charge is 2.23. The van der Waals surface area contributed by atoms with Gasteiger partial charge in [-0.25, -0.2) is 19.9 Å². The Bertz CT molecular complexity index is 644. The van der Waals surface area contributed by atoms with Crippen LogP contribution in [0.5, 0.6) is 0 Å². The Labute approximate surface area is 117 Å². The van der Waals surface area contributed by atoms with Crippen LogP contribution in [0.4, 0.5) is 23.1 Å². The van der Waals surface area contributed by atoms with Crippen LogP contribution >= 0.6 is 11.8 Å². The molecule has 0 aliphatic carbocycles. The number of nitrogens with one attached hydrogen (secondary N) is 1. The summed E-state index contributed by atoms with van der Waals surface area (Å²) in [7, 11) is 1.53. The Balaban J connectivity index is 2.45. The van der Waals surface area contributed by atoms with Crippen molar-refractivity contribution >= 4 is 34.9 Å². The van der Waals surface area contributed by atoms with E-state index in [1.807, 2.05) is 0 Å². The first-order valence-corrected chi connectivity index (χ1v) is 6.08. The molecular formula is C9H10N8O2S. The summed E-state index contributed by atoms with van der Waals surface area (Å²) in [5.74, 6) is 0.445. The lowest BCUT2D eigenvalue weighted by molar-refractivity contribution is -0.387. The molecule has 0 saturated carbocycles. The fraction of sp³-hybridized carbons (Fsp3) is 0.111. The van der Waals surface area contributed by atoms with Gasteiger partial charge in [-0.05, 0) is 11.8 Å². The molecule has 0 aliphatic heterocycles. The minimum Gasteiger partial charge on any atom is -0.383 e. The molecule has 0 aromatic carbocycles. The highest BCUT2D eigenvalue weighted by atomic mass is 32.2. The molecule has 0 radical (unpaired) electrons. The number of nitro groups is 1. The molecule has 0 atom stereocenters. The lowest BCUT2D eigenvalue weighted by Crippen LogP contribution is -2.03. The van der Waals surface area contributed by atoms with Gasteiger partial charge in [0.05, 0.1) is 4.92 Å². The van der Waals surface area contributed by atoms with Crippen molar-refractivity contribution in [3.05, 3.63) is 22.5 Å². The fourth-order valence-corrected chi connectivity index (χ4v) is 2.22. The first kappa shape index (κ1) is 13.7. The Kier molecular flexibility index (Phi) is 3.79. The van der Waals surface area contributed by atoms with Gasteiger partial charge in [0, 0.05) is 13.1 Å². The van der Waals surface area contributed by atoms with Gasteiger partial charge in [0.15, 0.2) is 10.2 Å². The van der Waals surface area contributed by atoms with Crippen LogP contribution in [0.15, 0.2) is 22.6 Å². The summed E-state index contributed by atoms with van der Waals surface area (Å²) in [5.41, 5.74) is 10.8. The third-order valence-electron chi connectivity index (χ3n) is 2.14. The molecule has 10 nitrogen and oxygen atoms in total. The topological polar surface area (TPSA) is 159 Å². The Morgan fingerprint density at radius 3 is 2.50 bits per heavy atom. The third kappa shape index (κ3) is 2.83. The van der Waals surface area contributed by atoms with Gasteiger partial charge in [-0.3, -0.25) is 10.1 Å². The van der Waals surface area contributed by atoms with Gasteiger partial charge in [0.2, 0.25) is 5.82 Å². The maximum Gasteiger partial charge on any atom is 0.343 e. The highest BCUT2D eigenvalue weighted by Crippen LogP contribution is 2.35. The van der Waals surface area contributed by atoms with Crippen molar-refractivity contribution in [3.63, 3.8) is 0 Å². The number of hydrogen-bond donors (Lipinski definition) is 3. The van der Waals surface area contributed by atoms with Gasteiger partial charge < -0.3 is 16.8 Å². The van der Waals surface area contributed by atoms with E-state index in [9.17, 15) is 10.1 Å². The minimum absolute atomic E-state index is 0.0966. The van der Waals surface area contributed by atoms with Gasteiger partial charge in [0.1, 0.15) is 18.0 Å². The van der Waals surface area contributed by atoms with E-state index in [1.165, 1.54) is 19.4 Å². The zero-order valence-electron chi connectivity index (χ0n) is 10.3.